The average Bonchev–Trinajstić information content (AvgIpc) is 2.46. The van der Waals surface area contributed by atoms with Crippen molar-refractivity contribution in [1.29, 1.82) is 0 Å². The topological polar surface area (TPSA) is 0 Å². The van der Waals surface area contributed by atoms with Crippen molar-refractivity contribution in [2.45, 2.75) is 51.4 Å². The minimum Gasteiger partial charge on any atom is -0.0581 e. The van der Waals surface area contributed by atoms with E-state index in [4.69, 9.17) is 0 Å². The van der Waals surface area contributed by atoms with Crippen LogP contribution in [0.4, 0.5) is 0 Å². The maximum absolute atomic E-state index is 2.38. The molecule has 0 aromatic heterocycles. The van der Waals surface area contributed by atoms with Gasteiger partial charge in [0, 0.05) is 0 Å². The minimum absolute atomic E-state index is 1.30. The van der Waals surface area contributed by atoms with Gasteiger partial charge in [-0.05, 0) is 84.4 Å². The Labute approximate surface area is 109 Å². The highest BCUT2D eigenvalue weighted by molar-refractivity contribution is 5.91. The Morgan fingerprint density at radius 3 is 1.61 bits per heavy atom. The van der Waals surface area contributed by atoms with Crippen LogP contribution in [0.3, 0.4) is 0 Å². The molecular weight excluding hydrogens is 216 g/mol. The summed E-state index contributed by atoms with van der Waals surface area (Å²) in [5.41, 5.74) is 6.65. The molecule has 0 bridgehead atoms. The van der Waals surface area contributed by atoms with E-state index >= 15 is 0 Å². The van der Waals surface area contributed by atoms with Crippen molar-refractivity contribution in [2.24, 2.45) is 0 Å². The first-order valence-electron chi connectivity index (χ1n) is 7.49. The van der Waals surface area contributed by atoms with E-state index in [1.807, 2.05) is 0 Å². The van der Waals surface area contributed by atoms with Gasteiger partial charge in [0.2, 0.25) is 0 Å². The van der Waals surface area contributed by atoms with Gasteiger partial charge in [-0.15, -0.1) is 0 Å². The molecule has 2 aromatic carbocycles. The summed E-state index contributed by atoms with van der Waals surface area (Å²) in [6, 6.07) is 9.47. The molecule has 0 amide bonds. The molecule has 0 atom stereocenters. The van der Waals surface area contributed by atoms with Crippen molar-refractivity contribution >= 4 is 10.8 Å². The van der Waals surface area contributed by atoms with Gasteiger partial charge in [-0.25, -0.2) is 0 Å². The molecule has 4 rings (SSSR count). The third kappa shape index (κ3) is 1.51. The summed E-state index contributed by atoms with van der Waals surface area (Å²) in [4.78, 5) is 0. The smallest absolute Gasteiger partial charge is 0.0114 e. The number of fused-ring (bicyclic) bond motifs is 5. The summed E-state index contributed by atoms with van der Waals surface area (Å²) in [7, 11) is 0. The summed E-state index contributed by atoms with van der Waals surface area (Å²) in [6.07, 6.45) is 10.8. The van der Waals surface area contributed by atoms with Crippen LogP contribution in [0, 0.1) is 0 Å². The summed E-state index contributed by atoms with van der Waals surface area (Å²) in [5.74, 6) is 0. The van der Waals surface area contributed by atoms with E-state index in [0.717, 1.165) is 0 Å². The zero-order chi connectivity index (χ0) is 11.9. The van der Waals surface area contributed by atoms with Crippen molar-refractivity contribution in [3.63, 3.8) is 0 Å². The minimum atomic E-state index is 1.30. The second-order valence-electron chi connectivity index (χ2n) is 5.92. The Morgan fingerprint density at radius 1 is 0.556 bits per heavy atom. The van der Waals surface area contributed by atoms with Crippen LogP contribution in [0.2, 0.25) is 0 Å². The predicted octanol–water partition coefficient (Wildman–Crippen LogP) is 4.60. The molecule has 0 radical (unpaired) electrons. The van der Waals surface area contributed by atoms with Gasteiger partial charge in [-0.2, -0.15) is 0 Å². The zero-order valence-electron chi connectivity index (χ0n) is 11.0. The lowest BCUT2D eigenvalue weighted by Gasteiger charge is -2.24. The van der Waals surface area contributed by atoms with E-state index in [9.17, 15) is 0 Å². The molecule has 0 aliphatic heterocycles. The van der Waals surface area contributed by atoms with E-state index in [0.29, 0.717) is 0 Å². The van der Waals surface area contributed by atoms with Crippen molar-refractivity contribution in [3.05, 3.63) is 46.5 Å². The molecule has 18 heavy (non-hydrogen) atoms. The molecule has 2 aromatic rings. The number of rotatable bonds is 0. The van der Waals surface area contributed by atoms with Gasteiger partial charge in [-0.3, -0.25) is 0 Å². The molecule has 2 aliphatic rings. The lowest BCUT2D eigenvalue weighted by Crippen LogP contribution is -2.08. The van der Waals surface area contributed by atoms with Crippen LogP contribution in [0.1, 0.15) is 47.9 Å². The van der Waals surface area contributed by atoms with Gasteiger partial charge in [0.15, 0.2) is 0 Å². The first kappa shape index (κ1) is 10.6. The van der Waals surface area contributed by atoms with Gasteiger partial charge in [0.05, 0.1) is 0 Å². The average molecular weight is 236 g/mol. The molecule has 0 fully saturated rings. The predicted molar refractivity (Wildman–Crippen MR) is 77.2 cm³/mol. The number of hydrogen-bond donors (Lipinski definition) is 0. The molecule has 0 spiro atoms. The third-order valence-electron chi connectivity index (χ3n) is 4.84. The molecule has 0 N–H and O–H groups in total. The summed E-state index contributed by atoms with van der Waals surface area (Å²) in [6.45, 7) is 0. The number of aryl methyl sites for hydroxylation is 4. The lowest BCUT2D eigenvalue weighted by atomic mass is 9.81. The summed E-state index contributed by atoms with van der Waals surface area (Å²) in [5, 5.41) is 3.13. The highest BCUT2D eigenvalue weighted by atomic mass is 14.2. The summed E-state index contributed by atoms with van der Waals surface area (Å²) >= 11 is 0. The molecule has 0 heteroatoms. The molecule has 0 saturated carbocycles. The largest absolute Gasteiger partial charge is 0.0581 e. The van der Waals surface area contributed by atoms with Crippen LogP contribution in [0.25, 0.3) is 10.8 Å². The molecule has 0 nitrogen and oxygen atoms in total. The first-order chi connectivity index (χ1) is 8.93. The van der Waals surface area contributed by atoms with Gasteiger partial charge >= 0.3 is 0 Å². The second-order valence-corrected chi connectivity index (χ2v) is 5.92. The van der Waals surface area contributed by atoms with Crippen LogP contribution in [0.15, 0.2) is 24.3 Å². The SMILES string of the molecule is c1cc2ccc3c(c2c2c1CCCC2)CCCC3. The van der Waals surface area contributed by atoms with Crippen molar-refractivity contribution in [3.8, 4) is 0 Å². The number of benzene rings is 2. The monoisotopic (exact) mass is 236 g/mol. The fraction of sp³-hybridized carbons (Fsp3) is 0.444. The highest BCUT2D eigenvalue weighted by Gasteiger charge is 2.18. The molecule has 0 heterocycles. The van der Waals surface area contributed by atoms with E-state index in [-0.39, 0.29) is 0 Å². The van der Waals surface area contributed by atoms with Crippen molar-refractivity contribution in [2.75, 3.05) is 0 Å². The maximum Gasteiger partial charge on any atom is -0.0114 e. The molecule has 2 aliphatic carbocycles. The normalized spacial score (nSPS) is 18.4. The van der Waals surface area contributed by atoms with Crippen molar-refractivity contribution < 1.29 is 0 Å². The molecule has 0 unspecified atom stereocenters. The van der Waals surface area contributed by atoms with Gasteiger partial charge in [0.1, 0.15) is 0 Å². The van der Waals surface area contributed by atoms with E-state index < -0.39 is 0 Å². The quantitative estimate of drug-likeness (QED) is 0.627. The molecule has 0 saturated heterocycles. The Kier molecular flexibility index (Phi) is 2.43. The Balaban J connectivity index is 2.06. The van der Waals surface area contributed by atoms with Gasteiger partial charge in [0.25, 0.3) is 0 Å². The highest BCUT2D eigenvalue weighted by Crippen LogP contribution is 2.35. The Morgan fingerprint density at radius 2 is 1.06 bits per heavy atom. The lowest BCUT2D eigenvalue weighted by molar-refractivity contribution is 0.679. The Bertz CT molecular complexity index is 556. The molecular formula is C18H20. The van der Waals surface area contributed by atoms with Crippen LogP contribution >= 0.6 is 0 Å². The fourth-order valence-corrected chi connectivity index (χ4v) is 3.93. The molecule has 92 valence electrons. The van der Waals surface area contributed by atoms with E-state index in [1.54, 1.807) is 27.6 Å². The summed E-state index contributed by atoms with van der Waals surface area (Å²) < 4.78 is 0. The van der Waals surface area contributed by atoms with Crippen molar-refractivity contribution in [1.82, 2.24) is 0 Å². The van der Waals surface area contributed by atoms with E-state index in [1.165, 1.54) is 56.8 Å². The zero-order valence-corrected chi connectivity index (χ0v) is 11.0. The van der Waals surface area contributed by atoms with Crippen LogP contribution < -0.4 is 0 Å². The second kappa shape index (κ2) is 4.12. The van der Waals surface area contributed by atoms with Crippen LogP contribution in [-0.2, 0) is 25.7 Å². The van der Waals surface area contributed by atoms with Gasteiger partial charge in [-0.1, -0.05) is 24.3 Å². The van der Waals surface area contributed by atoms with Crippen LogP contribution in [-0.4, -0.2) is 0 Å². The van der Waals surface area contributed by atoms with Crippen LogP contribution in [0.5, 0.6) is 0 Å². The van der Waals surface area contributed by atoms with E-state index in [2.05, 4.69) is 24.3 Å². The van der Waals surface area contributed by atoms with Gasteiger partial charge < -0.3 is 0 Å². The fourth-order valence-electron chi connectivity index (χ4n) is 3.93. The Hall–Kier alpha value is -1.30. The maximum atomic E-state index is 2.38. The number of hydrogen-bond acceptors (Lipinski definition) is 0. The first-order valence-corrected chi connectivity index (χ1v) is 7.49. The third-order valence-corrected chi connectivity index (χ3v) is 4.84. The standard InChI is InChI=1S/C18H20/c1-3-7-16-13(5-1)9-11-15-12-10-14-6-2-4-8-17(14)18(15)16/h9-12H,1-8H2.